The molecule has 0 aromatic heterocycles. The summed E-state index contributed by atoms with van der Waals surface area (Å²) in [6.07, 6.45) is 2.09. The third-order valence-corrected chi connectivity index (χ3v) is 3.81. The van der Waals surface area contributed by atoms with E-state index in [1.807, 2.05) is 25.7 Å². The van der Waals surface area contributed by atoms with E-state index in [2.05, 4.69) is 29.5 Å². The van der Waals surface area contributed by atoms with Crippen LogP contribution >= 0.6 is 11.8 Å². The Kier molecular flexibility index (Phi) is 6.50. The van der Waals surface area contributed by atoms with Gasteiger partial charge in [-0.2, -0.15) is 11.8 Å². The lowest BCUT2D eigenvalue weighted by atomic mass is 10.1. The fourth-order valence-electron chi connectivity index (χ4n) is 1.82. The number of halogens is 1. The fraction of sp³-hybridized carbons (Fsp3) is 0.571. The normalized spacial score (nSPS) is 12.5. The number of hydrogen-bond acceptors (Lipinski definition) is 3. The van der Waals surface area contributed by atoms with Crippen molar-refractivity contribution < 1.29 is 4.39 Å². The molecule has 4 heteroatoms. The van der Waals surface area contributed by atoms with E-state index >= 15 is 0 Å². The molecule has 102 valence electrons. The van der Waals surface area contributed by atoms with Crippen molar-refractivity contribution in [2.45, 2.75) is 26.4 Å². The van der Waals surface area contributed by atoms with Gasteiger partial charge < -0.3 is 10.2 Å². The molecule has 0 aliphatic rings. The Morgan fingerprint density at radius 1 is 1.39 bits per heavy atom. The lowest BCUT2D eigenvalue weighted by Gasteiger charge is -2.27. The first-order valence-electron chi connectivity index (χ1n) is 6.30. The second kappa shape index (κ2) is 7.64. The molecule has 1 N–H and O–H groups in total. The van der Waals surface area contributed by atoms with E-state index < -0.39 is 0 Å². The van der Waals surface area contributed by atoms with Crippen molar-refractivity contribution in [1.29, 1.82) is 0 Å². The quantitative estimate of drug-likeness (QED) is 0.819. The van der Waals surface area contributed by atoms with Crippen LogP contribution in [-0.4, -0.2) is 31.6 Å². The molecule has 0 radical (unpaired) electrons. The number of benzene rings is 1. The van der Waals surface area contributed by atoms with Gasteiger partial charge in [0.1, 0.15) is 5.82 Å². The van der Waals surface area contributed by atoms with Crippen molar-refractivity contribution in [2.24, 2.45) is 0 Å². The second-order valence-electron chi connectivity index (χ2n) is 4.51. The van der Waals surface area contributed by atoms with Crippen molar-refractivity contribution in [3.63, 3.8) is 0 Å². The van der Waals surface area contributed by atoms with Crippen LogP contribution in [0.3, 0.4) is 0 Å². The molecule has 1 aromatic carbocycles. The van der Waals surface area contributed by atoms with Gasteiger partial charge in [-0.25, -0.2) is 4.39 Å². The van der Waals surface area contributed by atoms with E-state index in [1.165, 1.54) is 0 Å². The molecule has 1 atom stereocenters. The minimum absolute atomic E-state index is 0.163. The summed E-state index contributed by atoms with van der Waals surface area (Å²) in [6, 6.07) is 5.66. The molecule has 0 bridgehead atoms. The summed E-state index contributed by atoms with van der Waals surface area (Å²) < 4.78 is 13.6. The molecule has 0 amide bonds. The first kappa shape index (κ1) is 15.3. The van der Waals surface area contributed by atoms with Crippen LogP contribution in [0.5, 0.6) is 0 Å². The zero-order valence-electron chi connectivity index (χ0n) is 11.7. The first-order chi connectivity index (χ1) is 8.58. The molecule has 0 aliphatic carbocycles. The minimum Gasteiger partial charge on any atom is -0.371 e. The smallest absolute Gasteiger partial charge is 0.125 e. The molecule has 0 fully saturated rings. The summed E-state index contributed by atoms with van der Waals surface area (Å²) in [5.41, 5.74) is 1.94. The maximum atomic E-state index is 13.6. The van der Waals surface area contributed by atoms with Gasteiger partial charge in [-0.3, -0.25) is 0 Å². The van der Waals surface area contributed by atoms with Gasteiger partial charge in [0.05, 0.1) is 0 Å². The van der Waals surface area contributed by atoms with E-state index in [-0.39, 0.29) is 5.82 Å². The molecule has 0 spiro atoms. The largest absolute Gasteiger partial charge is 0.371 e. The van der Waals surface area contributed by atoms with Crippen LogP contribution in [0.15, 0.2) is 18.2 Å². The predicted molar refractivity (Wildman–Crippen MR) is 80.0 cm³/mol. The van der Waals surface area contributed by atoms with Crippen LogP contribution in [0, 0.1) is 5.82 Å². The molecule has 18 heavy (non-hydrogen) atoms. The number of rotatable bonds is 7. The topological polar surface area (TPSA) is 15.3 Å². The molecule has 1 aromatic rings. The molecule has 1 unspecified atom stereocenters. The van der Waals surface area contributed by atoms with Gasteiger partial charge in [-0.05, 0) is 43.5 Å². The zero-order valence-corrected chi connectivity index (χ0v) is 12.5. The monoisotopic (exact) mass is 270 g/mol. The van der Waals surface area contributed by atoms with Crippen molar-refractivity contribution in [3.05, 3.63) is 29.6 Å². The molecule has 2 nitrogen and oxygen atoms in total. The van der Waals surface area contributed by atoms with Crippen LogP contribution in [0.25, 0.3) is 0 Å². The molecule has 0 heterocycles. The minimum atomic E-state index is -0.163. The summed E-state index contributed by atoms with van der Waals surface area (Å²) in [6.45, 7) is 5.81. The standard InChI is InChI=1S/C14H23FN2S/c1-5-16-9-12-6-13(15)8-14(7-12)17(3)11(2)10-18-4/h6-8,11,16H,5,9-10H2,1-4H3. The number of hydrogen-bond donors (Lipinski definition) is 1. The third kappa shape index (κ3) is 4.50. The van der Waals surface area contributed by atoms with Gasteiger partial charge in [-0.15, -0.1) is 0 Å². The van der Waals surface area contributed by atoms with Crippen molar-refractivity contribution in [1.82, 2.24) is 5.32 Å². The van der Waals surface area contributed by atoms with Gasteiger partial charge in [0.2, 0.25) is 0 Å². The Balaban J connectivity index is 2.84. The van der Waals surface area contributed by atoms with Gasteiger partial charge in [0.25, 0.3) is 0 Å². The van der Waals surface area contributed by atoms with Crippen molar-refractivity contribution >= 4 is 17.4 Å². The summed E-state index contributed by atoms with van der Waals surface area (Å²) in [7, 11) is 2.02. The summed E-state index contributed by atoms with van der Waals surface area (Å²) >= 11 is 1.81. The fourth-order valence-corrected chi connectivity index (χ4v) is 2.52. The second-order valence-corrected chi connectivity index (χ2v) is 5.42. The van der Waals surface area contributed by atoms with Gasteiger partial charge in [-0.1, -0.05) is 6.92 Å². The average molecular weight is 270 g/mol. The van der Waals surface area contributed by atoms with E-state index in [9.17, 15) is 4.39 Å². The third-order valence-electron chi connectivity index (χ3n) is 3.00. The van der Waals surface area contributed by atoms with Gasteiger partial charge >= 0.3 is 0 Å². The summed E-state index contributed by atoms with van der Waals surface area (Å²) in [5.74, 6) is 0.874. The molecule has 0 saturated carbocycles. The molecular weight excluding hydrogens is 247 g/mol. The predicted octanol–water partition coefficient (Wildman–Crippen LogP) is 3.12. The maximum absolute atomic E-state index is 13.6. The van der Waals surface area contributed by atoms with E-state index in [0.29, 0.717) is 12.6 Å². The summed E-state index contributed by atoms with van der Waals surface area (Å²) in [4.78, 5) is 2.13. The van der Waals surface area contributed by atoms with E-state index in [4.69, 9.17) is 0 Å². The Hall–Kier alpha value is -0.740. The lowest BCUT2D eigenvalue weighted by Crippen LogP contribution is -2.31. The average Bonchev–Trinajstić information content (AvgIpc) is 2.35. The number of anilines is 1. The van der Waals surface area contributed by atoms with Crippen LogP contribution in [-0.2, 0) is 6.54 Å². The molecule has 0 aliphatic heterocycles. The highest BCUT2D eigenvalue weighted by atomic mass is 32.2. The molecule has 0 saturated heterocycles. The van der Waals surface area contributed by atoms with Crippen molar-refractivity contribution in [2.75, 3.05) is 30.5 Å². The first-order valence-corrected chi connectivity index (χ1v) is 7.69. The van der Waals surface area contributed by atoms with Crippen LogP contribution in [0.4, 0.5) is 10.1 Å². The van der Waals surface area contributed by atoms with Crippen molar-refractivity contribution in [3.8, 4) is 0 Å². The Bertz CT molecular complexity index is 371. The Morgan fingerprint density at radius 2 is 2.11 bits per heavy atom. The highest BCUT2D eigenvalue weighted by Gasteiger charge is 2.11. The van der Waals surface area contributed by atoms with Crippen LogP contribution in [0.1, 0.15) is 19.4 Å². The van der Waals surface area contributed by atoms with Crippen LogP contribution < -0.4 is 10.2 Å². The van der Waals surface area contributed by atoms with Crippen LogP contribution in [0.2, 0.25) is 0 Å². The highest BCUT2D eigenvalue weighted by molar-refractivity contribution is 7.98. The number of nitrogens with one attached hydrogen (secondary N) is 1. The van der Waals surface area contributed by atoms with Gasteiger partial charge in [0, 0.05) is 31.1 Å². The lowest BCUT2D eigenvalue weighted by molar-refractivity contribution is 0.620. The SMILES string of the molecule is CCNCc1cc(F)cc(N(C)C(C)CSC)c1. The highest BCUT2D eigenvalue weighted by Crippen LogP contribution is 2.20. The number of thioether (sulfide) groups is 1. The zero-order chi connectivity index (χ0) is 13.5. The molecular formula is C14H23FN2S. The Labute approximate surface area is 114 Å². The maximum Gasteiger partial charge on any atom is 0.125 e. The Morgan fingerprint density at radius 3 is 2.72 bits per heavy atom. The molecule has 1 rings (SSSR count). The van der Waals surface area contributed by atoms with E-state index in [0.717, 1.165) is 23.5 Å². The van der Waals surface area contributed by atoms with Gasteiger partial charge in [0.15, 0.2) is 0 Å². The van der Waals surface area contributed by atoms with E-state index in [1.54, 1.807) is 12.1 Å². The summed E-state index contributed by atoms with van der Waals surface area (Å²) in [5, 5.41) is 3.22. The number of nitrogens with zero attached hydrogens (tertiary/aromatic N) is 1.